The number of ether oxygens (including phenoxy) is 2. The van der Waals surface area contributed by atoms with Gasteiger partial charge in [-0.25, -0.2) is 0 Å². The Morgan fingerprint density at radius 1 is 1.19 bits per heavy atom. The van der Waals surface area contributed by atoms with Crippen LogP contribution in [0.1, 0.15) is 12.0 Å². The van der Waals surface area contributed by atoms with Gasteiger partial charge in [0.25, 0.3) is 0 Å². The van der Waals surface area contributed by atoms with Crippen molar-refractivity contribution < 1.29 is 9.47 Å². The first-order chi connectivity index (χ1) is 10.4. The Bertz CT molecular complexity index is 407. The molecule has 4 heteroatoms. The molecule has 2 atom stereocenters. The lowest BCUT2D eigenvalue weighted by atomic mass is 10.1. The van der Waals surface area contributed by atoms with Crippen molar-refractivity contribution in [3.8, 4) is 0 Å². The zero-order valence-electron chi connectivity index (χ0n) is 12.7. The normalized spacial score (nSPS) is 27.0. The van der Waals surface area contributed by atoms with Crippen molar-refractivity contribution >= 4 is 0 Å². The van der Waals surface area contributed by atoms with Crippen LogP contribution in [0.4, 0.5) is 0 Å². The van der Waals surface area contributed by atoms with E-state index in [1.165, 1.54) is 18.5 Å². The van der Waals surface area contributed by atoms with Gasteiger partial charge in [-0.05, 0) is 24.9 Å². The Morgan fingerprint density at radius 3 is 2.90 bits per heavy atom. The van der Waals surface area contributed by atoms with Gasteiger partial charge >= 0.3 is 0 Å². The van der Waals surface area contributed by atoms with Gasteiger partial charge in [0, 0.05) is 25.7 Å². The molecule has 4 nitrogen and oxygen atoms in total. The van der Waals surface area contributed by atoms with Gasteiger partial charge in [-0.2, -0.15) is 0 Å². The molecule has 1 aromatic carbocycles. The second-order valence-electron chi connectivity index (χ2n) is 6.00. The van der Waals surface area contributed by atoms with E-state index in [4.69, 9.17) is 9.47 Å². The minimum atomic E-state index is 0.233. The fraction of sp³-hybridized carbons (Fsp3) is 0.647. The highest BCUT2D eigenvalue weighted by molar-refractivity contribution is 5.14. The molecule has 116 valence electrons. The maximum atomic E-state index is 5.67. The summed E-state index contributed by atoms with van der Waals surface area (Å²) >= 11 is 0. The Kier molecular flexibility index (Phi) is 5.63. The predicted octanol–water partition coefficient (Wildman–Crippen LogP) is 1.31. The van der Waals surface area contributed by atoms with Crippen LogP contribution >= 0.6 is 0 Å². The molecule has 1 N–H and O–H groups in total. The van der Waals surface area contributed by atoms with Crippen LogP contribution in [0.5, 0.6) is 0 Å². The smallest absolute Gasteiger partial charge is 0.0933 e. The van der Waals surface area contributed by atoms with Crippen molar-refractivity contribution in [2.75, 3.05) is 46.0 Å². The quantitative estimate of drug-likeness (QED) is 0.856. The van der Waals surface area contributed by atoms with Gasteiger partial charge < -0.3 is 19.7 Å². The van der Waals surface area contributed by atoms with Gasteiger partial charge in [0.15, 0.2) is 0 Å². The summed E-state index contributed by atoms with van der Waals surface area (Å²) in [6, 6.07) is 11.4. The van der Waals surface area contributed by atoms with Crippen LogP contribution in [0.15, 0.2) is 30.3 Å². The van der Waals surface area contributed by atoms with E-state index in [2.05, 4.69) is 40.5 Å². The molecule has 2 unspecified atom stereocenters. The van der Waals surface area contributed by atoms with E-state index in [0.717, 1.165) is 45.9 Å². The van der Waals surface area contributed by atoms with Crippen molar-refractivity contribution in [2.24, 2.45) is 0 Å². The lowest BCUT2D eigenvalue weighted by molar-refractivity contribution is -0.0869. The van der Waals surface area contributed by atoms with Crippen LogP contribution in [-0.4, -0.2) is 63.0 Å². The fourth-order valence-electron chi connectivity index (χ4n) is 3.09. The maximum Gasteiger partial charge on any atom is 0.0933 e. The van der Waals surface area contributed by atoms with Crippen molar-refractivity contribution in [1.82, 2.24) is 10.2 Å². The number of hydrogen-bond acceptors (Lipinski definition) is 4. The topological polar surface area (TPSA) is 33.7 Å². The molecule has 0 radical (unpaired) electrons. The number of nitrogens with zero attached hydrogens (tertiary/aromatic N) is 1. The second kappa shape index (κ2) is 7.90. The lowest BCUT2D eigenvalue weighted by Crippen LogP contribution is -2.42. The Morgan fingerprint density at radius 2 is 2.10 bits per heavy atom. The van der Waals surface area contributed by atoms with E-state index >= 15 is 0 Å². The van der Waals surface area contributed by atoms with Gasteiger partial charge in [-0.1, -0.05) is 30.3 Å². The zero-order chi connectivity index (χ0) is 14.3. The molecule has 1 aromatic rings. The first-order valence-electron chi connectivity index (χ1n) is 8.09. The standard InChI is InChI=1S/C17H26N2O2/c1-2-4-15(5-3-1)6-8-19-9-7-16(13-19)18-12-17-14-20-10-11-21-17/h1-5,16-18H,6-14H2. The molecule has 2 aliphatic heterocycles. The summed E-state index contributed by atoms with van der Waals surface area (Å²) in [6.07, 6.45) is 2.62. The molecule has 0 aromatic heterocycles. The van der Waals surface area contributed by atoms with E-state index in [1.54, 1.807) is 0 Å². The Labute approximate surface area is 127 Å². The zero-order valence-corrected chi connectivity index (χ0v) is 12.7. The molecule has 3 rings (SSSR count). The summed E-state index contributed by atoms with van der Waals surface area (Å²) in [6.45, 7) is 6.64. The second-order valence-corrected chi connectivity index (χ2v) is 6.00. The average molecular weight is 290 g/mol. The molecule has 21 heavy (non-hydrogen) atoms. The van der Waals surface area contributed by atoms with E-state index in [0.29, 0.717) is 6.04 Å². The van der Waals surface area contributed by atoms with Gasteiger partial charge in [0.05, 0.1) is 25.9 Å². The molecule has 0 aliphatic carbocycles. The van der Waals surface area contributed by atoms with Crippen LogP contribution in [0.2, 0.25) is 0 Å². The van der Waals surface area contributed by atoms with E-state index in [1.807, 2.05) is 0 Å². The van der Waals surface area contributed by atoms with Crippen LogP contribution in [0.25, 0.3) is 0 Å². The SMILES string of the molecule is c1ccc(CCN2CCC(NCC3COCCO3)C2)cc1. The monoisotopic (exact) mass is 290 g/mol. The minimum absolute atomic E-state index is 0.233. The van der Waals surface area contributed by atoms with Gasteiger partial charge in [0.1, 0.15) is 0 Å². The molecular formula is C17H26N2O2. The summed E-state index contributed by atoms with van der Waals surface area (Å²) in [5, 5.41) is 3.63. The Balaban J connectivity index is 1.33. The van der Waals surface area contributed by atoms with E-state index in [9.17, 15) is 0 Å². The first kappa shape index (κ1) is 15.0. The van der Waals surface area contributed by atoms with Gasteiger partial charge in [-0.15, -0.1) is 0 Å². The van der Waals surface area contributed by atoms with Crippen molar-refractivity contribution in [3.05, 3.63) is 35.9 Å². The molecule has 2 fully saturated rings. The third-order valence-electron chi connectivity index (χ3n) is 4.35. The minimum Gasteiger partial charge on any atom is -0.376 e. The van der Waals surface area contributed by atoms with Crippen molar-refractivity contribution in [3.63, 3.8) is 0 Å². The predicted molar refractivity (Wildman–Crippen MR) is 83.6 cm³/mol. The van der Waals surface area contributed by atoms with Gasteiger partial charge in [-0.3, -0.25) is 0 Å². The summed E-state index contributed by atoms with van der Waals surface area (Å²) in [5.74, 6) is 0. The lowest BCUT2D eigenvalue weighted by Gasteiger charge is -2.25. The summed E-state index contributed by atoms with van der Waals surface area (Å²) < 4.78 is 11.1. The third-order valence-corrected chi connectivity index (χ3v) is 4.35. The number of hydrogen-bond donors (Lipinski definition) is 1. The molecular weight excluding hydrogens is 264 g/mol. The number of nitrogens with one attached hydrogen (secondary N) is 1. The van der Waals surface area contributed by atoms with Crippen LogP contribution in [-0.2, 0) is 15.9 Å². The van der Waals surface area contributed by atoms with Crippen molar-refractivity contribution in [1.29, 1.82) is 0 Å². The van der Waals surface area contributed by atoms with Gasteiger partial charge in [0.2, 0.25) is 0 Å². The largest absolute Gasteiger partial charge is 0.376 e. The third kappa shape index (κ3) is 4.78. The molecule has 0 amide bonds. The number of benzene rings is 1. The molecule has 0 spiro atoms. The van der Waals surface area contributed by atoms with Crippen LogP contribution in [0.3, 0.4) is 0 Å². The highest BCUT2D eigenvalue weighted by Gasteiger charge is 2.23. The number of rotatable bonds is 6. The molecule has 2 saturated heterocycles. The Hall–Kier alpha value is -0.940. The molecule has 2 heterocycles. The number of likely N-dealkylation sites (tertiary alicyclic amines) is 1. The molecule has 2 aliphatic rings. The summed E-state index contributed by atoms with van der Waals surface area (Å²) in [4.78, 5) is 2.56. The maximum absolute atomic E-state index is 5.67. The van der Waals surface area contributed by atoms with Crippen molar-refractivity contribution in [2.45, 2.75) is 25.0 Å². The van der Waals surface area contributed by atoms with E-state index in [-0.39, 0.29) is 6.10 Å². The summed E-state index contributed by atoms with van der Waals surface area (Å²) in [7, 11) is 0. The first-order valence-corrected chi connectivity index (χ1v) is 8.09. The highest BCUT2D eigenvalue weighted by Crippen LogP contribution is 2.11. The van der Waals surface area contributed by atoms with Crippen LogP contribution in [0, 0.1) is 0 Å². The molecule has 0 saturated carbocycles. The fourth-order valence-corrected chi connectivity index (χ4v) is 3.09. The molecule has 0 bridgehead atoms. The average Bonchev–Trinajstić information content (AvgIpc) is 3.01. The highest BCUT2D eigenvalue weighted by atomic mass is 16.6. The van der Waals surface area contributed by atoms with E-state index < -0.39 is 0 Å². The summed E-state index contributed by atoms with van der Waals surface area (Å²) in [5.41, 5.74) is 1.43. The van der Waals surface area contributed by atoms with Crippen LogP contribution < -0.4 is 5.32 Å².